The van der Waals surface area contributed by atoms with Crippen LogP contribution in [-0.2, 0) is 13.0 Å². The van der Waals surface area contributed by atoms with Gasteiger partial charge >= 0.3 is 0 Å². The number of carbonyl (C=O) groups excluding carboxylic acids is 1. The molecule has 0 bridgehead atoms. The third kappa shape index (κ3) is 4.22. The molecule has 7 heteroatoms. The van der Waals surface area contributed by atoms with Crippen LogP contribution in [0, 0.1) is 0 Å². The molecule has 0 aliphatic rings. The van der Waals surface area contributed by atoms with Crippen molar-refractivity contribution in [1.82, 2.24) is 14.5 Å². The number of ether oxygens (including phenoxy) is 1. The first-order chi connectivity index (χ1) is 15.1. The Morgan fingerprint density at radius 1 is 1.10 bits per heavy atom. The predicted molar refractivity (Wildman–Crippen MR) is 117 cm³/mol. The van der Waals surface area contributed by atoms with Crippen molar-refractivity contribution in [2.24, 2.45) is 0 Å². The first kappa shape index (κ1) is 20.4. The van der Waals surface area contributed by atoms with Gasteiger partial charge in [-0.3, -0.25) is 14.2 Å². The van der Waals surface area contributed by atoms with Crippen LogP contribution in [0.15, 0.2) is 71.9 Å². The van der Waals surface area contributed by atoms with E-state index in [4.69, 9.17) is 9.84 Å². The summed E-state index contributed by atoms with van der Waals surface area (Å²) >= 11 is 0. The molecule has 1 N–H and O–H groups in total. The van der Waals surface area contributed by atoms with Crippen LogP contribution < -0.4 is 10.3 Å². The van der Waals surface area contributed by atoms with E-state index in [1.807, 2.05) is 30.3 Å². The maximum Gasteiger partial charge on any atom is 0.261 e. The minimum absolute atomic E-state index is 0.220. The first-order valence-electron chi connectivity index (χ1n) is 9.82. The molecule has 0 aliphatic carbocycles. The van der Waals surface area contributed by atoms with Crippen molar-refractivity contribution in [3.8, 4) is 17.0 Å². The summed E-state index contributed by atoms with van der Waals surface area (Å²) in [6.45, 7) is -0.161. The lowest BCUT2D eigenvalue weighted by Gasteiger charge is -2.10. The minimum atomic E-state index is -0.599. The van der Waals surface area contributed by atoms with Crippen LogP contribution in [0.3, 0.4) is 0 Å². The molecule has 0 radical (unpaired) electrons. The normalized spacial score (nSPS) is 10.9. The number of aryl methyl sites for hydroxylation is 2. The summed E-state index contributed by atoms with van der Waals surface area (Å²) in [6.07, 6.45) is 3.83. The largest absolute Gasteiger partial charge is 0.481 e. The molecule has 2 aromatic heterocycles. The molecule has 2 heterocycles. The van der Waals surface area contributed by atoms with Crippen molar-refractivity contribution < 1.29 is 14.6 Å². The zero-order chi connectivity index (χ0) is 21.8. The van der Waals surface area contributed by atoms with E-state index < -0.39 is 12.4 Å². The predicted octanol–water partition coefficient (Wildman–Crippen LogP) is 2.88. The van der Waals surface area contributed by atoms with E-state index in [1.54, 1.807) is 25.4 Å². The van der Waals surface area contributed by atoms with Gasteiger partial charge in [0.25, 0.3) is 5.56 Å². The van der Waals surface area contributed by atoms with E-state index in [9.17, 15) is 9.59 Å². The molecule has 7 nitrogen and oxygen atoms in total. The lowest BCUT2D eigenvalue weighted by atomic mass is 10.0. The number of methoxy groups -OCH3 is 1. The molecule has 0 fully saturated rings. The number of carbonyl (C=O) groups is 1. The van der Waals surface area contributed by atoms with Gasteiger partial charge in [-0.15, -0.1) is 0 Å². The summed E-state index contributed by atoms with van der Waals surface area (Å²) in [6, 6.07) is 16.5. The number of benzene rings is 2. The van der Waals surface area contributed by atoms with Gasteiger partial charge in [0.2, 0.25) is 5.88 Å². The number of hydrogen-bond donors (Lipinski definition) is 1. The maximum absolute atomic E-state index is 12.9. The lowest BCUT2D eigenvalue weighted by molar-refractivity contribution is 0.0904. The number of aromatic nitrogens is 3. The third-order valence-corrected chi connectivity index (χ3v) is 5.13. The van der Waals surface area contributed by atoms with Gasteiger partial charge in [-0.25, -0.2) is 9.97 Å². The molecule has 0 aliphatic heterocycles. The SMILES string of the molecule is COc1ncccc1-c1cccc(CCn2cnc3ccc(C(=O)CO)cc3c2=O)c1. The zero-order valence-electron chi connectivity index (χ0n) is 17.0. The van der Waals surface area contributed by atoms with Crippen molar-refractivity contribution in [3.05, 3.63) is 88.6 Å². The summed E-state index contributed by atoms with van der Waals surface area (Å²) in [7, 11) is 1.59. The molecule has 4 aromatic rings. The second-order valence-corrected chi connectivity index (χ2v) is 7.07. The average molecular weight is 415 g/mol. The van der Waals surface area contributed by atoms with Gasteiger partial charge in [-0.1, -0.05) is 24.3 Å². The molecule has 0 saturated carbocycles. The molecule has 0 unspecified atom stereocenters. The maximum atomic E-state index is 12.9. The Bertz CT molecular complexity index is 1310. The van der Waals surface area contributed by atoms with E-state index in [2.05, 4.69) is 16.0 Å². The monoisotopic (exact) mass is 415 g/mol. The van der Waals surface area contributed by atoms with E-state index in [0.29, 0.717) is 35.3 Å². The Labute approximate surface area is 178 Å². The number of Topliss-reactive ketones (excluding diaryl/α,β-unsaturated/α-hetero) is 1. The van der Waals surface area contributed by atoms with Gasteiger partial charge in [0, 0.05) is 23.9 Å². The molecule has 31 heavy (non-hydrogen) atoms. The molecule has 0 spiro atoms. The molecule has 0 amide bonds. The molecular weight excluding hydrogens is 394 g/mol. The number of aliphatic hydroxyl groups is 1. The van der Waals surface area contributed by atoms with Crippen LogP contribution in [0.4, 0.5) is 0 Å². The number of fused-ring (bicyclic) bond motifs is 1. The zero-order valence-corrected chi connectivity index (χ0v) is 17.0. The molecule has 4 rings (SSSR count). The smallest absolute Gasteiger partial charge is 0.261 e. The second kappa shape index (κ2) is 8.89. The van der Waals surface area contributed by atoms with E-state index >= 15 is 0 Å². The molecule has 156 valence electrons. The van der Waals surface area contributed by atoms with Gasteiger partial charge in [0.15, 0.2) is 5.78 Å². The highest BCUT2D eigenvalue weighted by Gasteiger charge is 2.10. The van der Waals surface area contributed by atoms with Crippen LogP contribution in [0.25, 0.3) is 22.0 Å². The van der Waals surface area contributed by atoms with Gasteiger partial charge in [-0.2, -0.15) is 0 Å². The average Bonchev–Trinajstić information content (AvgIpc) is 2.83. The standard InChI is InChI=1S/C24H21N3O4/c1-31-23-19(6-3-10-25-23)17-5-2-4-16(12-17)9-11-27-15-26-21-8-7-18(22(29)14-28)13-20(21)24(27)30/h2-8,10,12-13,15,28H,9,11,14H2,1H3. The van der Waals surface area contributed by atoms with E-state index in [0.717, 1.165) is 16.7 Å². The number of nitrogens with zero attached hydrogens (tertiary/aromatic N) is 3. The Hall–Kier alpha value is -3.84. The Morgan fingerprint density at radius 2 is 1.97 bits per heavy atom. The van der Waals surface area contributed by atoms with Crippen LogP contribution in [0.5, 0.6) is 5.88 Å². The van der Waals surface area contributed by atoms with Crippen molar-refractivity contribution in [2.45, 2.75) is 13.0 Å². The fourth-order valence-corrected chi connectivity index (χ4v) is 3.50. The fraction of sp³-hybridized carbons (Fsp3) is 0.167. The number of ketones is 1. The first-order valence-corrected chi connectivity index (χ1v) is 9.82. The highest BCUT2D eigenvalue weighted by molar-refractivity contribution is 5.99. The summed E-state index contributed by atoms with van der Waals surface area (Å²) in [5.41, 5.74) is 3.53. The molecule has 2 aromatic carbocycles. The van der Waals surface area contributed by atoms with Gasteiger partial charge in [0.05, 0.1) is 24.3 Å². The van der Waals surface area contributed by atoms with Crippen LogP contribution in [0.1, 0.15) is 15.9 Å². The van der Waals surface area contributed by atoms with E-state index in [1.165, 1.54) is 17.0 Å². The quantitative estimate of drug-likeness (QED) is 0.467. The Morgan fingerprint density at radius 3 is 2.77 bits per heavy atom. The summed E-state index contributed by atoms with van der Waals surface area (Å²) in [5.74, 6) is 0.127. The Kier molecular flexibility index (Phi) is 5.86. The Balaban J connectivity index is 1.60. The van der Waals surface area contributed by atoms with E-state index in [-0.39, 0.29) is 5.56 Å². The number of hydrogen-bond acceptors (Lipinski definition) is 6. The van der Waals surface area contributed by atoms with Crippen LogP contribution in [0.2, 0.25) is 0 Å². The van der Waals surface area contributed by atoms with Crippen molar-refractivity contribution in [1.29, 1.82) is 0 Å². The second-order valence-electron chi connectivity index (χ2n) is 7.07. The van der Waals surface area contributed by atoms with Crippen LogP contribution >= 0.6 is 0 Å². The topological polar surface area (TPSA) is 94.3 Å². The minimum Gasteiger partial charge on any atom is -0.481 e. The van der Waals surface area contributed by atoms with Crippen LogP contribution in [-0.4, -0.2) is 39.1 Å². The number of rotatable bonds is 7. The highest BCUT2D eigenvalue weighted by atomic mass is 16.5. The summed E-state index contributed by atoms with van der Waals surface area (Å²) < 4.78 is 6.89. The number of aliphatic hydroxyl groups excluding tert-OH is 1. The molecular formula is C24H21N3O4. The van der Waals surface area contributed by atoms with Crippen molar-refractivity contribution in [3.63, 3.8) is 0 Å². The van der Waals surface area contributed by atoms with Crippen molar-refractivity contribution >= 4 is 16.7 Å². The molecule has 0 atom stereocenters. The third-order valence-electron chi connectivity index (χ3n) is 5.13. The van der Waals surface area contributed by atoms with Gasteiger partial charge in [0.1, 0.15) is 6.61 Å². The summed E-state index contributed by atoms with van der Waals surface area (Å²) in [4.78, 5) is 33.3. The summed E-state index contributed by atoms with van der Waals surface area (Å²) in [5, 5.41) is 9.43. The van der Waals surface area contributed by atoms with Crippen molar-refractivity contribution in [2.75, 3.05) is 13.7 Å². The lowest BCUT2D eigenvalue weighted by Crippen LogP contribution is -2.22. The van der Waals surface area contributed by atoms with Gasteiger partial charge in [-0.05, 0) is 47.9 Å². The van der Waals surface area contributed by atoms with Gasteiger partial charge < -0.3 is 9.84 Å². The molecule has 0 saturated heterocycles. The number of pyridine rings is 1. The highest BCUT2D eigenvalue weighted by Crippen LogP contribution is 2.28. The fourth-order valence-electron chi connectivity index (χ4n) is 3.50.